The van der Waals surface area contributed by atoms with Crippen LogP contribution in [-0.2, 0) is 17.1 Å². The van der Waals surface area contributed by atoms with Gasteiger partial charge in [0.25, 0.3) is 5.91 Å². The molecule has 0 radical (unpaired) electrons. The number of nitrogens with one attached hydrogen (secondary N) is 1. The minimum absolute atomic E-state index is 0.107. The zero-order valence-electron chi connectivity index (χ0n) is 14.2. The molecule has 0 bridgehead atoms. The summed E-state index contributed by atoms with van der Waals surface area (Å²) >= 11 is 0. The van der Waals surface area contributed by atoms with E-state index in [1.807, 2.05) is 20.9 Å². The third-order valence-electron chi connectivity index (χ3n) is 4.50. The Morgan fingerprint density at radius 1 is 1.25 bits per heavy atom. The first kappa shape index (κ1) is 17.0. The lowest BCUT2D eigenvalue weighted by Gasteiger charge is -2.18. The topological polar surface area (TPSA) is 71.4 Å². The summed E-state index contributed by atoms with van der Waals surface area (Å²) in [5.41, 5.74) is 1.39. The largest absolute Gasteiger partial charge is 0.348 e. The fourth-order valence-corrected chi connectivity index (χ4v) is 4.40. The highest BCUT2D eigenvalue weighted by Gasteiger charge is 2.26. The lowest BCUT2D eigenvalue weighted by Crippen LogP contribution is -2.30. The number of carbonyl (C=O) groups is 1. The molecule has 6 nitrogen and oxygen atoms in total. The molecule has 0 aliphatic heterocycles. The highest BCUT2D eigenvalue weighted by Crippen LogP contribution is 2.25. The van der Waals surface area contributed by atoms with Crippen LogP contribution < -0.4 is 5.32 Å². The standard InChI is InChI=1S/C17H23N3O3S/c1-4-20(5-2)24(22,23)14-8-9-15-12(10-14)11-16(19(15)3)17(21)18-13-6-7-13/h8-11,13H,4-7H2,1-3H3,(H,18,21). The van der Waals surface area contributed by atoms with Crippen LogP contribution in [-0.4, -0.2) is 42.3 Å². The highest BCUT2D eigenvalue weighted by atomic mass is 32.2. The minimum atomic E-state index is -3.50. The molecule has 1 N–H and O–H groups in total. The number of aromatic nitrogens is 1. The summed E-state index contributed by atoms with van der Waals surface area (Å²) in [6.45, 7) is 4.51. The van der Waals surface area contributed by atoms with E-state index in [0.717, 1.165) is 23.7 Å². The predicted molar refractivity (Wildman–Crippen MR) is 93.5 cm³/mol. The summed E-state index contributed by atoms with van der Waals surface area (Å²) < 4.78 is 28.5. The molecular formula is C17H23N3O3S. The summed E-state index contributed by atoms with van der Waals surface area (Å²) in [5.74, 6) is -0.107. The molecule has 0 saturated heterocycles. The maximum absolute atomic E-state index is 12.7. The number of fused-ring (bicyclic) bond motifs is 1. The first-order valence-corrected chi connectivity index (χ1v) is 9.73. The van der Waals surface area contributed by atoms with Crippen molar-refractivity contribution in [1.29, 1.82) is 0 Å². The van der Waals surface area contributed by atoms with E-state index in [-0.39, 0.29) is 16.8 Å². The molecule has 0 atom stereocenters. The van der Waals surface area contributed by atoms with Crippen molar-refractivity contribution in [2.45, 2.75) is 37.6 Å². The summed E-state index contributed by atoms with van der Waals surface area (Å²) in [6.07, 6.45) is 2.06. The molecular weight excluding hydrogens is 326 g/mol. The maximum atomic E-state index is 12.7. The lowest BCUT2D eigenvalue weighted by atomic mass is 10.2. The van der Waals surface area contributed by atoms with Gasteiger partial charge >= 0.3 is 0 Å². The lowest BCUT2D eigenvalue weighted by molar-refractivity contribution is 0.0943. The number of amides is 1. The van der Waals surface area contributed by atoms with E-state index < -0.39 is 10.0 Å². The summed E-state index contributed by atoms with van der Waals surface area (Å²) in [7, 11) is -1.68. The van der Waals surface area contributed by atoms with Crippen molar-refractivity contribution in [1.82, 2.24) is 14.2 Å². The first-order valence-electron chi connectivity index (χ1n) is 8.29. The number of sulfonamides is 1. The van der Waals surface area contributed by atoms with Crippen LogP contribution in [0.25, 0.3) is 10.9 Å². The summed E-state index contributed by atoms with van der Waals surface area (Å²) in [5, 5.41) is 3.72. The fourth-order valence-electron chi connectivity index (χ4n) is 2.91. The second-order valence-corrected chi connectivity index (χ2v) is 8.08. The van der Waals surface area contributed by atoms with Crippen molar-refractivity contribution in [3.05, 3.63) is 30.0 Å². The summed E-state index contributed by atoms with van der Waals surface area (Å²) in [4.78, 5) is 12.6. The van der Waals surface area contributed by atoms with Gasteiger partial charge in [0.15, 0.2) is 0 Å². The Labute approximate surface area is 142 Å². The van der Waals surface area contributed by atoms with Crippen LogP contribution in [0.1, 0.15) is 37.2 Å². The molecule has 1 amide bonds. The predicted octanol–water partition coefficient (Wildman–Crippen LogP) is 2.10. The smallest absolute Gasteiger partial charge is 0.268 e. The van der Waals surface area contributed by atoms with Crippen LogP contribution in [0.15, 0.2) is 29.2 Å². The number of nitrogens with zero attached hydrogens (tertiary/aromatic N) is 2. The highest BCUT2D eigenvalue weighted by molar-refractivity contribution is 7.89. The molecule has 0 unspecified atom stereocenters. The zero-order valence-corrected chi connectivity index (χ0v) is 15.1. The van der Waals surface area contributed by atoms with Crippen LogP contribution in [0.4, 0.5) is 0 Å². The minimum Gasteiger partial charge on any atom is -0.348 e. The molecule has 1 aromatic carbocycles. The molecule has 1 heterocycles. The van der Waals surface area contributed by atoms with Gasteiger partial charge < -0.3 is 9.88 Å². The Balaban J connectivity index is 2.01. The van der Waals surface area contributed by atoms with Gasteiger partial charge in [-0.25, -0.2) is 8.42 Å². The van der Waals surface area contributed by atoms with Crippen molar-refractivity contribution >= 4 is 26.8 Å². The van der Waals surface area contributed by atoms with E-state index in [4.69, 9.17) is 0 Å². The Bertz CT molecular complexity index is 878. The quantitative estimate of drug-likeness (QED) is 0.868. The summed E-state index contributed by atoms with van der Waals surface area (Å²) in [6, 6.07) is 7.07. The Hall–Kier alpha value is -1.86. The third kappa shape index (κ3) is 2.93. The van der Waals surface area contributed by atoms with Gasteiger partial charge in [0.2, 0.25) is 10.0 Å². The molecule has 1 saturated carbocycles. The molecule has 1 aliphatic rings. The molecule has 1 fully saturated rings. The van der Waals surface area contributed by atoms with Crippen molar-refractivity contribution in [3.8, 4) is 0 Å². The van der Waals surface area contributed by atoms with E-state index in [1.165, 1.54) is 4.31 Å². The van der Waals surface area contributed by atoms with Crippen molar-refractivity contribution in [3.63, 3.8) is 0 Å². The SMILES string of the molecule is CCN(CC)S(=O)(=O)c1ccc2c(c1)cc(C(=O)NC1CC1)n2C. The van der Waals surface area contributed by atoms with E-state index in [9.17, 15) is 13.2 Å². The van der Waals surface area contributed by atoms with Crippen LogP contribution >= 0.6 is 0 Å². The second-order valence-electron chi connectivity index (χ2n) is 6.15. The third-order valence-corrected chi connectivity index (χ3v) is 6.55. The van der Waals surface area contributed by atoms with Gasteiger partial charge in [0.1, 0.15) is 5.69 Å². The van der Waals surface area contributed by atoms with Crippen LogP contribution in [0.2, 0.25) is 0 Å². The number of hydrogen-bond donors (Lipinski definition) is 1. The normalized spacial score (nSPS) is 15.2. The van der Waals surface area contributed by atoms with Gasteiger partial charge in [0, 0.05) is 37.1 Å². The molecule has 0 spiro atoms. The second kappa shape index (κ2) is 6.22. The molecule has 7 heteroatoms. The van der Waals surface area contributed by atoms with Crippen molar-refractivity contribution in [2.24, 2.45) is 7.05 Å². The number of carbonyl (C=O) groups excluding carboxylic acids is 1. The maximum Gasteiger partial charge on any atom is 0.268 e. The Kier molecular flexibility index (Phi) is 4.40. The first-order chi connectivity index (χ1) is 11.4. The van der Waals surface area contributed by atoms with Crippen molar-refractivity contribution < 1.29 is 13.2 Å². The number of aryl methyl sites for hydroxylation is 1. The molecule has 2 aromatic rings. The average molecular weight is 349 g/mol. The van der Waals surface area contributed by atoms with Gasteiger partial charge in [-0.15, -0.1) is 0 Å². The van der Waals surface area contributed by atoms with Gasteiger partial charge in [-0.2, -0.15) is 4.31 Å². The van der Waals surface area contributed by atoms with Crippen LogP contribution in [0, 0.1) is 0 Å². The molecule has 24 heavy (non-hydrogen) atoms. The van der Waals surface area contributed by atoms with Gasteiger partial charge in [-0.3, -0.25) is 4.79 Å². The van der Waals surface area contributed by atoms with E-state index in [1.54, 1.807) is 28.8 Å². The molecule has 3 rings (SSSR count). The molecule has 1 aromatic heterocycles. The fraction of sp³-hybridized carbons (Fsp3) is 0.471. The number of hydrogen-bond acceptors (Lipinski definition) is 3. The van der Waals surface area contributed by atoms with E-state index in [0.29, 0.717) is 18.8 Å². The van der Waals surface area contributed by atoms with E-state index >= 15 is 0 Å². The average Bonchev–Trinajstić information content (AvgIpc) is 3.30. The zero-order chi connectivity index (χ0) is 17.5. The van der Waals surface area contributed by atoms with Gasteiger partial charge in [0.05, 0.1) is 4.90 Å². The van der Waals surface area contributed by atoms with Crippen molar-refractivity contribution in [2.75, 3.05) is 13.1 Å². The van der Waals surface area contributed by atoms with Crippen LogP contribution in [0.3, 0.4) is 0 Å². The Morgan fingerprint density at radius 2 is 1.92 bits per heavy atom. The Morgan fingerprint density at radius 3 is 2.50 bits per heavy atom. The van der Waals surface area contributed by atoms with E-state index in [2.05, 4.69) is 5.32 Å². The number of benzene rings is 1. The van der Waals surface area contributed by atoms with Crippen LogP contribution in [0.5, 0.6) is 0 Å². The number of rotatable bonds is 6. The molecule has 130 valence electrons. The monoisotopic (exact) mass is 349 g/mol. The van der Waals surface area contributed by atoms with Gasteiger partial charge in [-0.05, 0) is 37.1 Å². The molecule has 1 aliphatic carbocycles. The van der Waals surface area contributed by atoms with Gasteiger partial charge in [-0.1, -0.05) is 13.8 Å².